The summed E-state index contributed by atoms with van der Waals surface area (Å²) >= 11 is 2.82. The third-order valence-corrected chi connectivity index (χ3v) is 6.36. The summed E-state index contributed by atoms with van der Waals surface area (Å²) in [7, 11) is 1.57. The van der Waals surface area contributed by atoms with Crippen LogP contribution < -0.4 is 15.4 Å². The van der Waals surface area contributed by atoms with Gasteiger partial charge in [0, 0.05) is 24.3 Å². The van der Waals surface area contributed by atoms with Crippen molar-refractivity contribution < 1.29 is 14.3 Å². The second-order valence-electron chi connectivity index (χ2n) is 6.61. The molecule has 3 rings (SSSR count). The minimum absolute atomic E-state index is 0.177. The first kappa shape index (κ1) is 23.2. The lowest BCUT2D eigenvalue weighted by Crippen LogP contribution is -2.25. The van der Waals surface area contributed by atoms with Crippen molar-refractivity contribution in [2.45, 2.75) is 22.9 Å². The summed E-state index contributed by atoms with van der Waals surface area (Å²) in [5.74, 6) is 1.01. The highest BCUT2D eigenvalue weighted by Gasteiger charge is 2.10. The minimum Gasteiger partial charge on any atom is -0.497 e. The predicted molar refractivity (Wildman–Crippen MR) is 124 cm³/mol. The van der Waals surface area contributed by atoms with Crippen molar-refractivity contribution in [3.05, 3.63) is 65.2 Å². The zero-order valence-electron chi connectivity index (χ0n) is 17.3. The smallest absolute Gasteiger partial charge is 0.251 e. The van der Waals surface area contributed by atoms with Gasteiger partial charge in [-0.2, -0.15) is 5.26 Å². The molecular weight excluding hydrogens is 446 g/mol. The summed E-state index contributed by atoms with van der Waals surface area (Å²) in [5.41, 5.74) is 2.24. The Labute approximate surface area is 194 Å². The Morgan fingerprint density at radius 3 is 2.56 bits per heavy atom. The minimum atomic E-state index is -0.193. The van der Waals surface area contributed by atoms with E-state index in [2.05, 4.69) is 26.9 Å². The molecule has 2 amide bonds. The number of rotatable bonds is 10. The molecule has 8 nitrogen and oxygen atoms in total. The fourth-order valence-electron chi connectivity index (χ4n) is 2.62. The van der Waals surface area contributed by atoms with Crippen LogP contribution in [-0.2, 0) is 10.5 Å². The molecule has 0 aliphatic carbocycles. The Kier molecular flexibility index (Phi) is 8.60. The highest BCUT2D eigenvalue weighted by atomic mass is 32.2. The van der Waals surface area contributed by atoms with E-state index in [0.29, 0.717) is 40.7 Å². The van der Waals surface area contributed by atoms with Crippen molar-refractivity contribution in [3.63, 3.8) is 0 Å². The zero-order valence-corrected chi connectivity index (χ0v) is 19.0. The first-order valence-corrected chi connectivity index (χ1v) is 11.5. The Morgan fingerprint density at radius 1 is 1.12 bits per heavy atom. The van der Waals surface area contributed by atoms with Crippen molar-refractivity contribution in [1.82, 2.24) is 15.5 Å². The third-order valence-electron chi connectivity index (χ3n) is 4.32. The van der Waals surface area contributed by atoms with Crippen LogP contribution in [0.4, 0.5) is 5.13 Å². The lowest BCUT2D eigenvalue weighted by atomic mass is 10.2. The maximum Gasteiger partial charge on any atom is 0.251 e. The molecule has 0 spiro atoms. The number of hydrogen-bond acceptors (Lipinski definition) is 8. The average molecular weight is 468 g/mol. The van der Waals surface area contributed by atoms with Gasteiger partial charge in [-0.1, -0.05) is 35.2 Å². The lowest BCUT2D eigenvalue weighted by Gasteiger charge is -2.06. The summed E-state index contributed by atoms with van der Waals surface area (Å²) < 4.78 is 5.82. The van der Waals surface area contributed by atoms with Crippen LogP contribution in [0.2, 0.25) is 0 Å². The molecule has 0 fully saturated rings. The third kappa shape index (κ3) is 7.08. The van der Waals surface area contributed by atoms with Gasteiger partial charge in [0.25, 0.3) is 5.91 Å². The summed E-state index contributed by atoms with van der Waals surface area (Å²) in [6.07, 6.45) is 0.767. The fourth-order valence-corrected chi connectivity index (χ4v) is 4.34. The van der Waals surface area contributed by atoms with Crippen molar-refractivity contribution in [2.75, 3.05) is 19.0 Å². The predicted octanol–water partition coefficient (Wildman–Crippen LogP) is 3.86. The highest BCUT2D eigenvalue weighted by Crippen LogP contribution is 2.28. The van der Waals surface area contributed by atoms with Crippen LogP contribution in [0.5, 0.6) is 5.75 Å². The standard InChI is InChI=1S/C22H21N5O3S2/c1-30-18-10-8-17(9-11-18)20(29)24-12-2-3-19(28)25-21-26-27-22(32-21)31-14-16-6-4-15(13-23)5-7-16/h4-11H,2-3,12,14H2,1H3,(H,24,29)(H,25,26,28). The van der Waals surface area contributed by atoms with E-state index in [9.17, 15) is 9.59 Å². The number of thioether (sulfide) groups is 1. The van der Waals surface area contributed by atoms with Gasteiger partial charge < -0.3 is 15.4 Å². The number of carbonyl (C=O) groups excluding carboxylic acids is 2. The summed E-state index contributed by atoms with van der Waals surface area (Å²) in [4.78, 5) is 24.2. The number of benzene rings is 2. The van der Waals surface area contributed by atoms with E-state index in [1.807, 2.05) is 12.1 Å². The van der Waals surface area contributed by atoms with E-state index >= 15 is 0 Å². The van der Waals surface area contributed by atoms with Gasteiger partial charge in [0.2, 0.25) is 11.0 Å². The van der Waals surface area contributed by atoms with Gasteiger partial charge in [-0.25, -0.2) is 0 Å². The first-order chi connectivity index (χ1) is 15.6. The monoisotopic (exact) mass is 467 g/mol. The number of carbonyl (C=O) groups is 2. The van der Waals surface area contributed by atoms with Gasteiger partial charge in [-0.15, -0.1) is 10.2 Å². The quantitative estimate of drug-likeness (QED) is 0.264. The SMILES string of the molecule is COc1ccc(C(=O)NCCCC(=O)Nc2nnc(SCc3ccc(C#N)cc3)s2)cc1. The van der Waals surface area contributed by atoms with Crippen LogP contribution in [0.15, 0.2) is 52.9 Å². The number of nitrogens with one attached hydrogen (secondary N) is 2. The van der Waals surface area contributed by atoms with Crippen molar-refractivity contribution in [2.24, 2.45) is 0 Å². The maximum absolute atomic E-state index is 12.1. The Bertz CT molecular complexity index is 1090. The van der Waals surface area contributed by atoms with E-state index in [4.69, 9.17) is 10.00 Å². The van der Waals surface area contributed by atoms with E-state index in [1.54, 1.807) is 43.5 Å². The van der Waals surface area contributed by atoms with E-state index < -0.39 is 0 Å². The number of hydrogen-bond donors (Lipinski definition) is 2. The molecule has 0 aliphatic heterocycles. The van der Waals surface area contributed by atoms with Crippen molar-refractivity contribution in [3.8, 4) is 11.8 Å². The second kappa shape index (κ2) is 11.8. The van der Waals surface area contributed by atoms with E-state index in [0.717, 1.165) is 9.90 Å². The molecule has 2 aromatic carbocycles. The molecule has 1 aromatic heterocycles. The van der Waals surface area contributed by atoms with Gasteiger partial charge in [0.15, 0.2) is 4.34 Å². The van der Waals surface area contributed by atoms with Crippen LogP contribution in [0, 0.1) is 11.3 Å². The van der Waals surface area contributed by atoms with Gasteiger partial charge in [-0.3, -0.25) is 9.59 Å². The number of nitrogens with zero attached hydrogens (tertiary/aromatic N) is 3. The number of anilines is 1. The van der Waals surface area contributed by atoms with Gasteiger partial charge in [0.05, 0.1) is 18.7 Å². The van der Waals surface area contributed by atoms with Crippen LogP contribution in [0.25, 0.3) is 0 Å². The highest BCUT2D eigenvalue weighted by molar-refractivity contribution is 8.00. The van der Waals surface area contributed by atoms with Crippen LogP contribution in [-0.4, -0.2) is 35.7 Å². The van der Waals surface area contributed by atoms with Crippen molar-refractivity contribution >= 4 is 40.0 Å². The molecule has 32 heavy (non-hydrogen) atoms. The first-order valence-electron chi connectivity index (χ1n) is 9.75. The van der Waals surface area contributed by atoms with Gasteiger partial charge in [-0.05, 0) is 48.4 Å². The van der Waals surface area contributed by atoms with E-state index in [1.165, 1.54) is 23.1 Å². The molecule has 0 radical (unpaired) electrons. The normalized spacial score (nSPS) is 10.2. The Hall–Kier alpha value is -3.42. The number of amides is 2. The fraction of sp³-hybridized carbons (Fsp3) is 0.227. The topological polar surface area (TPSA) is 117 Å². The summed E-state index contributed by atoms with van der Waals surface area (Å²) in [6.45, 7) is 0.389. The maximum atomic E-state index is 12.1. The number of aromatic nitrogens is 2. The van der Waals surface area contributed by atoms with E-state index in [-0.39, 0.29) is 18.2 Å². The molecular formula is C22H21N5O3S2. The molecule has 3 aromatic rings. The zero-order chi connectivity index (χ0) is 22.8. The number of ether oxygens (including phenoxy) is 1. The van der Waals surface area contributed by atoms with Gasteiger partial charge in [0.1, 0.15) is 5.75 Å². The number of methoxy groups -OCH3 is 1. The molecule has 0 saturated carbocycles. The molecule has 0 aliphatic rings. The van der Waals surface area contributed by atoms with Gasteiger partial charge >= 0.3 is 0 Å². The molecule has 0 saturated heterocycles. The molecule has 0 unspecified atom stereocenters. The molecule has 10 heteroatoms. The Balaban J connectivity index is 1.35. The van der Waals surface area contributed by atoms with Crippen LogP contribution in [0.1, 0.15) is 34.3 Å². The molecule has 164 valence electrons. The van der Waals surface area contributed by atoms with Crippen molar-refractivity contribution in [1.29, 1.82) is 5.26 Å². The Morgan fingerprint density at radius 2 is 1.88 bits per heavy atom. The van der Waals surface area contributed by atoms with Crippen LogP contribution >= 0.6 is 23.1 Å². The molecule has 1 heterocycles. The number of nitriles is 1. The molecule has 0 bridgehead atoms. The van der Waals surface area contributed by atoms with Crippen LogP contribution in [0.3, 0.4) is 0 Å². The average Bonchev–Trinajstić information content (AvgIpc) is 3.27. The molecule has 2 N–H and O–H groups in total. The summed E-state index contributed by atoms with van der Waals surface area (Å²) in [5, 5.41) is 22.9. The second-order valence-corrected chi connectivity index (χ2v) is 8.81. The summed E-state index contributed by atoms with van der Waals surface area (Å²) in [6, 6.07) is 16.3. The lowest BCUT2D eigenvalue weighted by molar-refractivity contribution is -0.116. The largest absolute Gasteiger partial charge is 0.497 e. The molecule has 0 atom stereocenters.